The zero-order chi connectivity index (χ0) is 14.7. The van der Waals surface area contributed by atoms with Crippen LogP contribution in [0.15, 0.2) is 4.42 Å². The van der Waals surface area contributed by atoms with E-state index in [1.165, 1.54) is 0 Å². The smallest absolute Gasteiger partial charge is 0.308 e. The van der Waals surface area contributed by atoms with Crippen LogP contribution in [0.5, 0.6) is 0 Å². The molecule has 0 aromatic carbocycles. The maximum absolute atomic E-state index is 11.9. The third-order valence-electron chi connectivity index (χ3n) is 4.13. The van der Waals surface area contributed by atoms with Crippen LogP contribution in [0, 0.1) is 0 Å². The lowest BCUT2D eigenvalue weighted by molar-refractivity contribution is 0.0431. The monoisotopic (exact) mass is 294 g/mol. The summed E-state index contributed by atoms with van der Waals surface area (Å²) >= 11 is 0. The molecule has 0 atom stereocenters. The van der Waals surface area contributed by atoms with Crippen molar-refractivity contribution in [2.75, 3.05) is 33.4 Å². The predicted molar refractivity (Wildman–Crippen MR) is 75.1 cm³/mol. The van der Waals surface area contributed by atoms with Gasteiger partial charge in [0.15, 0.2) is 0 Å². The summed E-state index contributed by atoms with van der Waals surface area (Å²) in [6.07, 6.45) is 4.27. The van der Waals surface area contributed by atoms with Crippen LogP contribution < -0.4 is 5.32 Å². The van der Waals surface area contributed by atoms with Gasteiger partial charge in [0.1, 0.15) is 0 Å². The van der Waals surface area contributed by atoms with Crippen LogP contribution in [0.4, 0.5) is 0 Å². The van der Waals surface area contributed by atoms with E-state index in [4.69, 9.17) is 9.15 Å². The third kappa shape index (κ3) is 3.79. The average molecular weight is 294 g/mol. The van der Waals surface area contributed by atoms with E-state index in [1.54, 1.807) is 0 Å². The van der Waals surface area contributed by atoms with Crippen LogP contribution >= 0.6 is 0 Å². The van der Waals surface area contributed by atoms with Crippen LogP contribution in [-0.2, 0) is 4.74 Å². The summed E-state index contributed by atoms with van der Waals surface area (Å²) in [7, 11) is 2.08. The number of rotatable bonds is 6. The Morgan fingerprint density at radius 2 is 2.05 bits per heavy atom. The van der Waals surface area contributed by atoms with E-state index in [2.05, 4.69) is 27.5 Å². The van der Waals surface area contributed by atoms with Crippen LogP contribution in [0.25, 0.3) is 0 Å². The second kappa shape index (κ2) is 6.53. The van der Waals surface area contributed by atoms with Crippen molar-refractivity contribution in [2.45, 2.75) is 37.6 Å². The molecule has 0 radical (unpaired) electrons. The Bertz CT molecular complexity index is 480. The SMILES string of the molecule is CN(CCNC(=O)c1nnc(C2CC2)o1)C1CCOCC1. The molecule has 0 spiro atoms. The van der Waals surface area contributed by atoms with Gasteiger partial charge in [-0.25, -0.2) is 0 Å². The van der Waals surface area contributed by atoms with Crippen molar-refractivity contribution < 1.29 is 13.9 Å². The van der Waals surface area contributed by atoms with E-state index < -0.39 is 0 Å². The van der Waals surface area contributed by atoms with Gasteiger partial charge in [0.25, 0.3) is 0 Å². The summed E-state index contributed by atoms with van der Waals surface area (Å²) < 4.78 is 10.7. The molecule has 7 heteroatoms. The fourth-order valence-electron chi connectivity index (χ4n) is 2.55. The molecule has 1 aromatic rings. The van der Waals surface area contributed by atoms with Gasteiger partial charge in [-0.05, 0) is 32.7 Å². The highest BCUT2D eigenvalue weighted by Crippen LogP contribution is 2.38. The minimum Gasteiger partial charge on any atom is -0.417 e. The zero-order valence-corrected chi connectivity index (χ0v) is 12.4. The molecule has 7 nitrogen and oxygen atoms in total. The normalized spacial score (nSPS) is 19.9. The lowest BCUT2D eigenvalue weighted by Crippen LogP contribution is -2.41. The molecule has 1 aromatic heterocycles. The molecule has 21 heavy (non-hydrogen) atoms. The van der Waals surface area contributed by atoms with Gasteiger partial charge in [0, 0.05) is 38.3 Å². The number of likely N-dealkylation sites (N-methyl/N-ethyl adjacent to an activating group) is 1. The van der Waals surface area contributed by atoms with Crippen molar-refractivity contribution in [1.82, 2.24) is 20.4 Å². The number of amides is 1. The first-order valence-electron chi connectivity index (χ1n) is 7.63. The van der Waals surface area contributed by atoms with Gasteiger partial charge >= 0.3 is 11.8 Å². The maximum atomic E-state index is 11.9. The number of nitrogens with zero attached hydrogens (tertiary/aromatic N) is 3. The Morgan fingerprint density at radius 1 is 1.29 bits per heavy atom. The number of hydrogen-bond donors (Lipinski definition) is 1. The highest BCUT2D eigenvalue weighted by atomic mass is 16.5. The van der Waals surface area contributed by atoms with Crippen molar-refractivity contribution in [3.8, 4) is 0 Å². The topological polar surface area (TPSA) is 80.5 Å². The third-order valence-corrected chi connectivity index (χ3v) is 4.13. The molecule has 1 aliphatic carbocycles. The molecule has 1 saturated heterocycles. The molecule has 3 rings (SSSR count). The molecular formula is C14H22N4O3. The molecule has 0 bridgehead atoms. The first-order chi connectivity index (χ1) is 10.2. The Morgan fingerprint density at radius 3 is 2.76 bits per heavy atom. The van der Waals surface area contributed by atoms with E-state index in [0.29, 0.717) is 24.4 Å². The first kappa shape index (κ1) is 14.5. The highest BCUT2D eigenvalue weighted by molar-refractivity contribution is 5.89. The van der Waals surface area contributed by atoms with Gasteiger partial charge in [-0.2, -0.15) is 0 Å². The molecule has 2 heterocycles. The number of carbonyl (C=O) groups is 1. The standard InChI is InChI=1S/C14H22N4O3/c1-18(11-4-8-20-9-5-11)7-6-15-12(19)14-17-16-13(21-14)10-2-3-10/h10-11H,2-9H2,1H3,(H,15,19). The second-order valence-electron chi connectivity index (χ2n) is 5.80. The van der Waals surface area contributed by atoms with Crippen LogP contribution in [0.3, 0.4) is 0 Å². The molecule has 1 N–H and O–H groups in total. The van der Waals surface area contributed by atoms with Crippen LogP contribution in [0.2, 0.25) is 0 Å². The van der Waals surface area contributed by atoms with Crippen molar-refractivity contribution in [3.63, 3.8) is 0 Å². The average Bonchev–Trinajstić information content (AvgIpc) is 3.25. The summed E-state index contributed by atoms with van der Waals surface area (Å²) in [5.41, 5.74) is 0. The summed E-state index contributed by atoms with van der Waals surface area (Å²) in [6, 6.07) is 0.542. The van der Waals surface area contributed by atoms with Gasteiger partial charge in [0.2, 0.25) is 5.89 Å². The van der Waals surface area contributed by atoms with Crippen molar-refractivity contribution in [2.24, 2.45) is 0 Å². The fourth-order valence-corrected chi connectivity index (χ4v) is 2.55. The Labute approximate surface area is 124 Å². The Kier molecular flexibility index (Phi) is 4.50. The number of hydrogen-bond acceptors (Lipinski definition) is 6. The highest BCUT2D eigenvalue weighted by Gasteiger charge is 2.30. The zero-order valence-electron chi connectivity index (χ0n) is 12.4. The number of aromatic nitrogens is 2. The van der Waals surface area contributed by atoms with Crippen molar-refractivity contribution >= 4 is 5.91 Å². The Balaban J connectivity index is 1.40. The quantitative estimate of drug-likeness (QED) is 0.835. The molecule has 1 aliphatic heterocycles. The summed E-state index contributed by atoms with van der Waals surface area (Å²) in [6.45, 7) is 3.04. The molecule has 116 valence electrons. The molecule has 1 amide bonds. The fraction of sp³-hybridized carbons (Fsp3) is 0.786. The lowest BCUT2D eigenvalue weighted by Gasteiger charge is -2.31. The van der Waals surface area contributed by atoms with Crippen LogP contribution in [0.1, 0.15) is 48.2 Å². The minimum absolute atomic E-state index is 0.0746. The molecule has 0 unspecified atom stereocenters. The van der Waals surface area contributed by atoms with Gasteiger partial charge in [0.05, 0.1) is 0 Å². The van der Waals surface area contributed by atoms with E-state index in [9.17, 15) is 4.79 Å². The predicted octanol–water partition coefficient (Wildman–Crippen LogP) is 0.788. The number of nitrogens with one attached hydrogen (secondary N) is 1. The maximum Gasteiger partial charge on any atom is 0.308 e. The van der Waals surface area contributed by atoms with E-state index >= 15 is 0 Å². The van der Waals surface area contributed by atoms with E-state index in [0.717, 1.165) is 45.4 Å². The Hall–Kier alpha value is -1.47. The molecule has 2 fully saturated rings. The molecule has 2 aliphatic rings. The van der Waals surface area contributed by atoms with Gasteiger partial charge in [-0.3, -0.25) is 4.79 Å². The second-order valence-corrected chi connectivity index (χ2v) is 5.80. The number of ether oxygens (including phenoxy) is 1. The first-order valence-corrected chi connectivity index (χ1v) is 7.63. The van der Waals surface area contributed by atoms with Gasteiger partial charge < -0.3 is 19.4 Å². The van der Waals surface area contributed by atoms with Crippen LogP contribution in [-0.4, -0.2) is 60.4 Å². The molecule has 1 saturated carbocycles. The van der Waals surface area contributed by atoms with Gasteiger partial charge in [-0.1, -0.05) is 0 Å². The minimum atomic E-state index is -0.283. The number of carbonyl (C=O) groups excluding carboxylic acids is 1. The van der Waals surface area contributed by atoms with Crippen molar-refractivity contribution in [1.29, 1.82) is 0 Å². The molecular weight excluding hydrogens is 272 g/mol. The summed E-state index contributed by atoms with van der Waals surface area (Å²) in [5.74, 6) is 0.763. The summed E-state index contributed by atoms with van der Waals surface area (Å²) in [5, 5.41) is 10.6. The van der Waals surface area contributed by atoms with E-state index in [-0.39, 0.29) is 11.8 Å². The van der Waals surface area contributed by atoms with Gasteiger partial charge in [-0.15, -0.1) is 10.2 Å². The summed E-state index contributed by atoms with van der Waals surface area (Å²) in [4.78, 5) is 14.2. The van der Waals surface area contributed by atoms with Crippen molar-refractivity contribution in [3.05, 3.63) is 11.8 Å². The largest absolute Gasteiger partial charge is 0.417 e. The lowest BCUT2D eigenvalue weighted by atomic mass is 10.1. The van der Waals surface area contributed by atoms with E-state index in [1.807, 2.05) is 0 Å².